The molecule has 0 amide bonds. The molecule has 2 aromatic heterocycles. The number of anilines is 6. The van der Waals surface area contributed by atoms with Gasteiger partial charge in [0.25, 0.3) is 6.71 Å². The number of aromatic nitrogens is 2. The summed E-state index contributed by atoms with van der Waals surface area (Å²) in [5, 5.41) is 0. The van der Waals surface area contributed by atoms with Gasteiger partial charge < -0.3 is 14.2 Å². The molecule has 4 heterocycles. The molecule has 0 saturated carbocycles. The lowest BCUT2D eigenvalue weighted by Gasteiger charge is -2.44. The van der Waals surface area contributed by atoms with E-state index in [9.17, 15) is 0 Å². The first-order valence-corrected chi connectivity index (χ1v) is 14.6. The second-order valence-corrected chi connectivity index (χ2v) is 11.2. The first-order valence-electron chi connectivity index (χ1n) is 14.6. The van der Waals surface area contributed by atoms with Gasteiger partial charge in [-0.3, -0.25) is 4.40 Å². The van der Waals surface area contributed by atoms with Crippen LogP contribution in [0.4, 0.5) is 34.1 Å². The number of rotatable bonds is 2. The molecule has 0 spiro atoms. The summed E-state index contributed by atoms with van der Waals surface area (Å²) in [5.41, 5.74) is 14.7. The SMILES string of the molecule is c1ccc(N2c3ccccc3B3c4cc5nc6oc7ccccc7n6c5cc4N(c4ccccc4)c4cccc2c43)cc1. The van der Waals surface area contributed by atoms with E-state index in [2.05, 4.69) is 136 Å². The highest BCUT2D eigenvalue weighted by Gasteiger charge is 2.43. The molecule has 0 fully saturated rings. The van der Waals surface area contributed by atoms with Crippen molar-refractivity contribution in [2.24, 2.45) is 0 Å². The van der Waals surface area contributed by atoms with Gasteiger partial charge in [0, 0.05) is 34.1 Å². The Hall–Kier alpha value is -5.75. The Morgan fingerprint density at radius 1 is 0.512 bits per heavy atom. The molecule has 0 aliphatic carbocycles. The van der Waals surface area contributed by atoms with Gasteiger partial charge in [0.05, 0.1) is 16.6 Å². The Morgan fingerprint density at radius 3 is 1.91 bits per heavy atom. The summed E-state index contributed by atoms with van der Waals surface area (Å²) in [5.74, 6) is 0.613. The minimum Gasteiger partial charge on any atom is -0.423 e. The molecule has 0 atom stereocenters. The second kappa shape index (κ2) is 8.40. The van der Waals surface area contributed by atoms with E-state index in [1.807, 2.05) is 18.2 Å². The van der Waals surface area contributed by atoms with Crippen molar-refractivity contribution in [2.75, 3.05) is 9.80 Å². The fraction of sp³-hybridized carbons (Fsp3) is 0. The van der Waals surface area contributed by atoms with Gasteiger partial charge in [0.15, 0.2) is 5.58 Å². The van der Waals surface area contributed by atoms with Crippen LogP contribution in [0, 0.1) is 0 Å². The molecule has 5 nitrogen and oxygen atoms in total. The molecular formula is C37H23BN4O. The smallest absolute Gasteiger partial charge is 0.307 e. The Morgan fingerprint density at radius 2 is 1.14 bits per heavy atom. The molecule has 6 aromatic carbocycles. The molecular weight excluding hydrogens is 527 g/mol. The molecule has 2 aliphatic heterocycles. The number of imidazole rings is 1. The third-order valence-electron chi connectivity index (χ3n) is 8.98. The van der Waals surface area contributed by atoms with E-state index in [0.717, 1.165) is 39.2 Å². The molecule has 0 radical (unpaired) electrons. The van der Waals surface area contributed by atoms with Gasteiger partial charge in [0.1, 0.15) is 0 Å². The van der Waals surface area contributed by atoms with Gasteiger partial charge in [-0.05, 0) is 83.1 Å². The minimum absolute atomic E-state index is 0.0477. The van der Waals surface area contributed by atoms with Crippen LogP contribution < -0.4 is 26.2 Å². The molecule has 6 heteroatoms. The van der Waals surface area contributed by atoms with Crippen LogP contribution in [0.3, 0.4) is 0 Å². The normalized spacial score (nSPS) is 13.4. The third-order valence-corrected chi connectivity index (χ3v) is 8.98. The predicted molar refractivity (Wildman–Crippen MR) is 176 cm³/mol. The predicted octanol–water partition coefficient (Wildman–Crippen LogP) is 7.32. The maximum Gasteiger partial charge on any atom is 0.307 e. The van der Waals surface area contributed by atoms with Crippen LogP contribution in [0.15, 0.2) is 144 Å². The molecule has 43 heavy (non-hydrogen) atoms. The van der Waals surface area contributed by atoms with E-state index in [4.69, 9.17) is 9.40 Å². The quantitative estimate of drug-likeness (QED) is 0.212. The number of hydrogen-bond acceptors (Lipinski definition) is 4. The van der Waals surface area contributed by atoms with Gasteiger partial charge in [-0.25, -0.2) is 0 Å². The highest BCUT2D eigenvalue weighted by atomic mass is 16.4. The van der Waals surface area contributed by atoms with Crippen LogP contribution >= 0.6 is 0 Å². The minimum atomic E-state index is 0.0477. The number of para-hydroxylation sites is 5. The van der Waals surface area contributed by atoms with Crippen molar-refractivity contribution >= 4 is 85.2 Å². The number of hydrogen-bond donors (Lipinski definition) is 0. The van der Waals surface area contributed by atoms with Crippen LogP contribution in [0.5, 0.6) is 0 Å². The van der Waals surface area contributed by atoms with E-state index < -0.39 is 0 Å². The number of nitrogens with zero attached hydrogens (tertiary/aromatic N) is 4. The number of benzene rings is 6. The molecule has 10 rings (SSSR count). The summed E-state index contributed by atoms with van der Waals surface area (Å²) in [6, 6.07) is 49.7. The zero-order valence-corrected chi connectivity index (χ0v) is 23.1. The summed E-state index contributed by atoms with van der Waals surface area (Å²) < 4.78 is 8.35. The monoisotopic (exact) mass is 550 g/mol. The first kappa shape index (κ1) is 22.9. The average molecular weight is 550 g/mol. The lowest BCUT2D eigenvalue weighted by atomic mass is 9.33. The first-order chi connectivity index (χ1) is 21.3. The van der Waals surface area contributed by atoms with Gasteiger partial charge in [-0.15, -0.1) is 0 Å². The second-order valence-electron chi connectivity index (χ2n) is 11.2. The summed E-state index contributed by atoms with van der Waals surface area (Å²) in [7, 11) is 0. The largest absolute Gasteiger partial charge is 0.423 e. The van der Waals surface area contributed by atoms with Crippen molar-refractivity contribution in [1.29, 1.82) is 0 Å². The van der Waals surface area contributed by atoms with Crippen molar-refractivity contribution in [2.45, 2.75) is 0 Å². The summed E-state index contributed by atoms with van der Waals surface area (Å²) >= 11 is 0. The molecule has 0 unspecified atom stereocenters. The van der Waals surface area contributed by atoms with Crippen LogP contribution in [-0.2, 0) is 0 Å². The Bertz CT molecular complexity index is 2380. The van der Waals surface area contributed by atoms with E-state index in [1.54, 1.807) is 0 Å². The van der Waals surface area contributed by atoms with Crippen molar-refractivity contribution in [3.05, 3.63) is 140 Å². The molecule has 0 saturated heterocycles. The maximum atomic E-state index is 6.21. The van der Waals surface area contributed by atoms with E-state index >= 15 is 0 Å². The molecule has 0 bridgehead atoms. The van der Waals surface area contributed by atoms with Gasteiger partial charge >= 0.3 is 5.84 Å². The summed E-state index contributed by atoms with van der Waals surface area (Å²) in [6.45, 7) is 0.0477. The zero-order chi connectivity index (χ0) is 28.1. The van der Waals surface area contributed by atoms with Gasteiger partial charge in [0.2, 0.25) is 0 Å². The van der Waals surface area contributed by atoms with Gasteiger partial charge in [-0.2, -0.15) is 4.98 Å². The van der Waals surface area contributed by atoms with Crippen LogP contribution in [0.2, 0.25) is 0 Å². The zero-order valence-electron chi connectivity index (χ0n) is 23.1. The average Bonchev–Trinajstić information content (AvgIpc) is 3.60. The van der Waals surface area contributed by atoms with Crippen LogP contribution in [-0.4, -0.2) is 16.1 Å². The van der Waals surface area contributed by atoms with Crippen LogP contribution in [0.1, 0.15) is 0 Å². The molecule has 2 aliphatic rings. The van der Waals surface area contributed by atoms with Crippen molar-refractivity contribution in [1.82, 2.24) is 9.38 Å². The maximum absolute atomic E-state index is 6.21. The fourth-order valence-corrected chi connectivity index (χ4v) is 7.27. The lowest BCUT2D eigenvalue weighted by Crippen LogP contribution is -2.61. The van der Waals surface area contributed by atoms with Crippen molar-refractivity contribution < 1.29 is 4.42 Å². The standard InChI is InChI=1S/C37H23BN4O/c1-3-12-24(13-4-1)40-29-17-8-7-16-26(29)38-27-22-28-34(42-30-18-9-10-21-35(30)43-37(42)39-28)23-33(27)41(25-14-5-2-6-15-25)32-20-11-19-31(40)36(32)38/h1-23H. The summed E-state index contributed by atoms with van der Waals surface area (Å²) in [6.07, 6.45) is 0. The van der Waals surface area contributed by atoms with E-state index in [-0.39, 0.29) is 6.71 Å². The summed E-state index contributed by atoms with van der Waals surface area (Å²) in [4.78, 5) is 9.84. The number of fused-ring (bicyclic) bond motifs is 9. The van der Waals surface area contributed by atoms with E-state index in [1.165, 1.54) is 33.5 Å². The Balaban J connectivity index is 1.33. The Kier molecular flexibility index (Phi) is 4.47. The Labute approximate surface area is 247 Å². The highest BCUT2D eigenvalue weighted by Crippen LogP contribution is 2.44. The molecule has 200 valence electrons. The fourth-order valence-electron chi connectivity index (χ4n) is 7.27. The third kappa shape index (κ3) is 3.04. The highest BCUT2D eigenvalue weighted by molar-refractivity contribution is 7.00. The number of oxazole rings is 1. The van der Waals surface area contributed by atoms with Gasteiger partial charge in [-0.1, -0.05) is 72.8 Å². The molecule has 0 N–H and O–H groups in total. The lowest BCUT2D eigenvalue weighted by molar-refractivity contribution is 0.643. The molecule has 8 aromatic rings. The van der Waals surface area contributed by atoms with E-state index in [0.29, 0.717) is 5.84 Å². The van der Waals surface area contributed by atoms with Crippen molar-refractivity contribution in [3.63, 3.8) is 0 Å². The topological polar surface area (TPSA) is 36.9 Å². The van der Waals surface area contributed by atoms with Crippen molar-refractivity contribution in [3.8, 4) is 0 Å². The van der Waals surface area contributed by atoms with Crippen LogP contribution in [0.25, 0.3) is 28.0 Å².